The average Bonchev–Trinajstić information content (AvgIpc) is 2.54. The van der Waals surface area contributed by atoms with Crippen molar-refractivity contribution in [1.82, 2.24) is 0 Å². The van der Waals surface area contributed by atoms with Crippen molar-refractivity contribution in [3.63, 3.8) is 0 Å². The molecule has 0 atom stereocenters. The molecule has 0 saturated heterocycles. The lowest BCUT2D eigenvalue weighted by Crippen LogP contribution is -2.01. The average molecular weight is 286 g/mol. The maximum Gasteiger partial charge on any atom is 0.337 e. The minimum Gasteiger partial charge on any atom is -0.465 e. The third-order valence-electron chi connectivity index (χ3n) is 2.77. The number of esters is 2. The Morgan fingerprint density at radius 1 is 0.762 bits per heavy atom. The lowest BCUT2D eigenvalue weighted by atomic mass is 10.2. The van der Waals surface area contributed by atoms with Gasteiger partial charge in [-0.1, -0.05) is 6.07 Å². The van der Waals surface area contributed by atoms with Gasteiger partial charge in [0.25, 0.3) is 0 Å². The van der Waals surface area contributed by atoms with Crippen LogP contribution in [-0.4, -0.2) is 26.2 Å². The first-order valence-electron chi connectivity index (χ1n) is 6.18. The highest BCUT2D eigenvalue weighted by Gasteiger charge is 2.08. The minimum atomic E-state index is -0.429. The Hall–Kier alpha value is -2.82. The molecule has 0 aliphatic heterocycles. The normalized spacial score (nSPS) is 9.81. The summed E-state index contributed by atoms with van der Waals surface area (Å²) in [5.74, 6) is 0.212. The second kappa shape index (κ2) is 6.56. The predicted octanol–water partition coefficient (Wildman–Crippen LogP) is 3.05. The van der Waals surface area contributed by atoms with E-state index in [0.717, 1.165) is 0 Å². The highest BCUT2D eigenvalue weighted by Crippen LogP contribution is 2.23. The Morgan fingerprint density at radius 3 is 2.00 bits per heavy atom. The van der Waals surface area contributed by atoms with Gasteiger partial charge in [0, 0.05) is 0 Å². The van der Waals surface area contributed by atoms with Crippen molar-refractivity contribution in [3.8, 4) is 11.5 Å². The quantitative estimate of drug-likeness (QED) is 0.808. The Balaban J connectivity index is 2.15. The molecule has 5 heteroatoms. The van der Waals surface area contributed by atoms with Crippen LogP contribution < -0.4 is 4.74 Å². The van der Waals surface area contributed by atoms with E-state index >= 15 is 0 Å². The molecule has 0 aliphatic carbocycles. The predicted molar refractivity (Wildman–Crippen MR) is 75.6 cm³/mol. The molecule has 0 fully saturated rings. The minimum absolute atomic E-state index is 0.404. The van der Waals surface area contributed by atoms with Crippen LogP contribution in [0.4, 0.5) is 0 Å². The summed E-state index contributed by atoms with van der Waals surface area (Å²) in [6, 6.07) is 13.1. The van der Waals surface area contributed by atoms with E-state index in [1.807, 2.05) is 0 Å². The second-order valence-electron chi connectivity index (χ2n) is 4.14. The van der Waals surface area contributed by atoms with Gasteiger partial charge in [0.15, 0.2) is 0 Å². The fraction of sp³-hybridized carbons (Fsp3) is 0.125. The van der Waals surface area contributed by atoms with Crippen molar-refractivity contribution >= 4 is 11.9 Å². The van der Waals surface area contributed by atoms with Crippen LogP contribution in [0.1, 0.15) is 20.7 Å². The third kappa shape index (κ3) is 3.60. The topological polar surface area (TPSA) is 61.8 Å². The molecule has 2 aromatic carbocycles. The maximum atomic E-state index is 11.4. The zero-order chi connectivity index (χ0) is 15.2. The molecule has 0 amide bonds. The number of carbonyl (C=O) groups excluding carboxylic acids is 2. The lowest BCUT2D eigenvalue weighted by Gasteiger charge is -2.07. The molecule has 0 aliphatic rings. The summed E-state index contributed by atoms with van der Waals surface area (Å²) in [5.41, 5.74) is 0.842. The first kappa shape index (κ1) is 14.6. The molecule has 108 valence electrons. The molecule has 5 nitrogen and oxygen atoms in total. The first-order chi connectivity index (χ1) is 10.1. The van der Waals surface area contributed by atoms with E-state index in [-0.39, 0.29) is 0 Å². The van der Waals surface area contributed by atoms with Gasteiger partial charge in [-0.15, -0.1) is 0 Å². The molecular weight excluding hydrogens is 272 g/mol. The molecule has 0 radical (unpaired) electrons. The van der Waals surface area contributed by atoms with E-state index in [1.165, 1.54) is 14.2 Å². The van der Waals surface area contributed by atoms with E-state index in [9.17, 15) is 9.59 Å². The number of hydrogen-bond donors (Lipinski definition) is 0. The molecule has 0 aromatic heterocycles. The summed E-state index contributed by atoms with van der Waals surface area (Å²) in [4.78, 5) is 22.8. The highest BCUT2D eigenvalue weighted by molar-refractivity contribution is 5.90. The number of benzene rings is 2. The Labute approximate surface area is 122 Å². The zero-order valence-corrected chi connectivity index (χ0v) is 11.7. The highest BCUT2D eigenvalue weighted by atomic mass is 16.5. The summed E-state index contributed by atoms with van der Waals surface area (Å²) in [6.45, 7) is 0. The Morgan fingerprint density at radius 2 is 1.38 bits per heavy atom. The molecule has 0 bridgehead atoms. The lowest BCUT2D eigenvalue weighted by molar-refractivity contribution is 0.0591. The van der Waals surface area contributed by atoms with Gasteiger partial charge in [-0.2, -0.15) is 0 Å². The standard InChI is InChI=1S/C16H14O5/c1-19-15(17)11-6-8-13(9-7-11)21-14-5-3-4-12(10-14)16(18)20-2/h3-10H,1-2H3. The summed E-state index contributed by atoms with van der Waals surface area (Å²) >= 11 is 0. The molecule has 2 aromatic rings. The molecular formula is C16H14O5. The van der Waals surface area contributed by atoms with Crippen molar-refractivity contribution in [2.24, 2.45) is 0 Å². The van der Waals surface area contributed by atoms with Crippen LogP contribution in [0.3, 0.4) is 0 Å². The molecule has 0 unspecified atom stereocenters. The van der Waals surface area contributed by atoms with E-state index in [2.05, 4.69) is 9.47 Å². The van der Waals surface area contributed by atoms with Crippen molar-refractivity contribution in [1.29, 1.82) is 0 Å². The first-order valence-corrected chi connectivity index (χ1v) is 6.18. The van der Waals surface area contributed by atoms with Crippen molar-refractivity contribution in [3.05, 3.63) is 59.7 Å². The van der Waals surface area contributed by atoms with E-state index in [0.29, 0.717) is 22.6 Å². The molecule has 0 heterocycles. The van der Waals surface area contributed by atoms with Crippen LogP contribution in [-0.2, 0) is 9.47 Å². The van der Waals surface area contributed by atoms with Gasteiger partial charge in [0.05, 0.1) is 25.3 Å². The summed E-state index contributed by atoms with van der Waals surface area (Å²) in [5, 5.41) is 0. The van der Waals surface area contributed by atoms with Crippen LogP contribution in [0, 0.1) is 0 Å². The SMILES string of the molecule is COC(=O)c1ccc(Oc2cccc(C(=O)OC)c2)cc1. The number of hydrogen-bond acceptors (Lipinski definition) is 5. The number of rotatable bonds is 4. The van der Waals surface area contributed by atoms with Crippen LogP contribution in [0.2, 0.25) is 0 Å². The molecule has 0 saturated carbocycles. The molecule has 21 heavy (non-hydrogen) atoms. The van der Waals surface area contributed by atoms with Crippen molar-refractivity contribution in [2.75, 3.05) is 14.2 Å². The summed E-state index contributed by atoms with van der Waals surface area (Å²) in [6.07, 6.45) is 0. The van der Waals surface area contributed by atoms with E-state index in [1.54, 1.807) is 48.5 Å². The smallest absolute Gasteiger partial charge is 0.337 e. The zero-order valence-electron chi connectivity index (χ0n) is 11.7. The number of methoxy groups -OCH3 is 2. The summed E-state index contributed by atoms with van der Waals surface area (Å²) < 4.78 is 14.9. The summed E-state index contributed by atoms with van der Waals surface area (Å²) in [7, 11) is 2.65. The second-order valence-corrected chi connectivity index (χ2v) is 4.14. The number of carbonyl (C=O) groups is 2. The number of ether oxygens (including phenoxy) is 3. The fourth-order valence-electron chi connectivity index (χ4n) is 1.72. The van der Waals surface area contributed by atoms with Gasteiger partial charge in [-0.05, 0) is 42.5 Å². The molecule has 2 rings (SSSR count). The fourth-order valence-corrected chi connectivity index (χ4v) is 1.72. The maximum absolute atomic E-state index is 11.4. The van der Waals surface area contributed by atoms with E-state index in [4.69, 9.17) is 4.74 Å². The van der Waals surface area contributed by atoms with Crippen molar-refractivity contribution < 1.29 is 23.8 Å². The monoisotopic (exact) mass is 286 g/mol. The molecule has 0 spiro atoms. The largest absolute Gasteiger partial charge is 0.465 e. The van der Waals surface area contributed by atoms with Crippen LogP contribution in [0.5, 0.6) is 11.5 Å². The van der Waals surface area contributed by atoms with Crippen LogP contribution in [0.25, 0.3) is 0 Å². The van der Waals surface area contributed by atoms with Gasteiger partial charge in [0.1, 0.15) is 11.5 Å². The van der Waals surface area contributed by atoms with Crippen molar-refractivity contribution in [2.45, 2.75) is 0 Å². The van der Waals surface area contributed by atoms with Gasteiger partial charge in [-0.25, -0.2) is 9.59 Å². The van der Waals surface area contributed by atoms with E-state index < -0.39 is 11.9 Å². The Kier molecular flexibility index (Phi) is 4.56. The van der Waals surface area contributed by atoms with Gasteiger partial charge in [0.2, 0.25) is 0 Å². The molecule has 0 N–H and O–H groups in total. The van der Waals surface area contributed by atoms with Gasteiger partial charge in [-0.3, -0.25) is 0 Å². The van der Waals surface area contributed by atoms with Crippen LogP contribution in [0.15, 0.2) is 48.5 Å². The Bertz CT molecular complexity index is 646. The third-order valence-corrected chi connectivity index (χ3v) is 2.77. The van der Waals surface area contributed by atoms with Crippen LogP contribution >= 0.6 is 0 Å². The van der Waals surface area contributed by atoms with Gasteiger partial charge < -0.3 is 14.2 Å². The van der Waals surface area contributed by atoms with Gasteiger partial charge >= 0.3 is 11.9 Å².